The summed E-state index contributed by atoms with van der Waals surface area (Å²) in [6.07, 6.45) is 1.66. The summed E-state index contributed by atoms with van der Waals surface area (Å²) in [6, 6.07) is -0.443. The van der Waals surface area contributed by atoms with E-state index >= 15 is 0 Å². The number of amides is 2. The van der Waals surface area contributed by atoms with Crippen molar-refractivity contribution in [3.63, 3.8) is 0 Å². The molecule has 90 valence electrons. The van der Waals surface area contributed by atoms with E-state index < -0.39 is 6.04 Å². The van der Waals surface area contributed by atoms with Crippen molar-refractivity contribution in [2.24, 2.45) is 5.41 Å². The van der Waals surface area contributed by atoms with Gasteiger partial charge in [-0.2, -0.15) is 0 Å². The second kappa shape index (κ2) is 4.87. The van der Waals surface area contributed by atoms with Gasteiger partial charge in [0, 0.05) is 12.1 Å². The average molecular weight is 245 g/mol. The predicted molar refractivity (Wildman–Crippen MR) is 63.0 cm³/mol. The molecule has 1 rings (SSSR count). The molecule has 5 heteroatoms. The molecule has 1 atom stereocenters. The molecule has 2 amide bonds. The lowest BCUT2D eigenvalue weighted by molar-refractivity contribution is -0.149. The fourth-order valence-corrected chi connectivity index (χ4v) is 1.95. The van der Waals surface area contributed by atoms with Crippen molar-refractivity contribution in [1.82, 2.24) is 10.2 Å². The van der Waals surface area contributed by atoms with Gasteiger partial charge in [-0.05, 0) is 5.41 Å². The minimum atomic E-state index is -0.443. The number of rotatable bonds is 2. The minimum Gasteiger partial charge on any atom is -0.345 e. The van der Waals surface area contributed by atoms with E-state index in [1.54, 1.807) is 11.0 Å². The molecule has 1 aliphatic rings. The van der Waals surface area contributed by atoms with Gasteiger partial charge in [-0.25, -0.2) is 0 Å². The Morgan fingerprint density at radius 3 is 2.62 bits per heavy atom. The monoisotopic (exact) mass is 244 g/mol. The molecule has 0 aromatic carbocycles. The maximum atomic E-state index is 11.8. The smallest absolute Gasteiger partial charge is 0.243 e. The third-order valence-corrected chi connectivity index (χ3v) is 2.68. The first-order chi connectivity index (χ1) is 7.38. The minimum absolute atomic E-state index is 0.0710. The van der Waals surface area contributed by atoms with Crippen molar-refractivity contribution in [3.8, 4) is 0 Å². The third-order valence-electron chi connectivity index (χ3n) is 2.51. The van der Waals surface area contributed by atoms with Crippen LogP contribution in [0.3, 0.4) is 0 Å². The molecule has 4 nitrogen and oxygen atoms in total. The first-order valence-corrected chi connectivity index (χ1v) is 5.64. The lowest BCUT2D eigenvalue weighted by Gasteiger charge is -2.41. The Morgan fingerprint density at radius 2 is 2.12 bits per heavy atom. The fourth-order valence-electron chi connectivity index (χ4n) is 1.87. The molecule has 1 saturated heterocycles. The van der Waals surface area contributed by atoms with Gasteiger partial charge in [0.25, 0.3) is 0 Å². The first kappa shape index (κ1) is 13.0. The van der Waals surface area contributed by atoms with Crippen LogP contribution in [0.1, 0.15) is 20.8 Å². The van der Waals surface area contributed by atoms with Crippen LogP contribution in [0.5, 0.6) is 0 Å². The van der Waals surface area contributed by atoms with Crippen molar-refractivity contribution in [2.45, 2.75) is 26.8 Å². The van der Waals surface area contributed by atoms with Crippen molar-refractivity contribution < 1.29 is 9.59 Å². The maximum Gasteiger partial charge on any atom is 0.243 e. The van der Waals surface area contributed by atoms with Gasteiger partial charge in [-0.15, -0.1) is 0 Å². The van der Waals surface area contributed by atoms with E-state index in [-0.39, 0.29) is 23.8 Å². The van der Waals surface area contributed by atoms with Gasteiger partial charge in [0.1, 0.15) is 6.04 Å². The summed E-state index contributed by atoms with van der Waals surface area (Å²) in [5.74, 6) is -0.177. The zero-order chi connectivity index (χ0) is 12.3. The summed E-state index contributed by atoms with van der Waals surface area (Å²) in [5.41, 5.74) is 1.07. The summed E-state index contributed by atoms with van der Waals surface area (Å²) >= 11 is 5.45. The molecule has 0 aliphatic carbocycles. The second-order valence-electron chi connectivity index (χ2n) is 4.89. The molecule has 1 aliphatic heterocycles. The predicted octanol–water partition coefficient (Wildman–Crippen LogP) is 1.11. The zero-order valence-corrected chi connectivity index (χ0v) is 10.5. The van der Waals surface area contributed by atoms with Crippen LogP contribution in [0.15, 0.2) is 11.6 Å². The quantitative estimate of drug-likeness (QED) is 0.791. The molecule has 0 radical (unpaired) electrons. The summed E-state index contributed by atoms with van der Waals surface area (Å²) in [7, 11) is 0. The van der Waals surface area contributed by atoms with Gasteiger partial charge < -0.3 is 10.2 Å². The van der Waals surface area contributed by atoms with Crippen LogP contribution in [0.25, 0.3) is 0 Å². The van der Waals surface area contributed by atoms with Crippen LogP contribution in [0, 0.1) is 5.41 Å². The molecular weight excluding hydrogens is 228 g/mol. The lowest BCUT2D eigenvalue weighted by atomic mass is 9.84. The number of nitrogens with one attached hydrogen (secondary N) is 1. The Bertz CT molecular complexity index is 320. The summed E-state index contributed by atoms with van der Waals surface area (Å²) in [4.78, 5) is 25.1. The number of hydrogen-bond donors (Lipinski definition) is 1. The first-order valence-electron chi connectivity index (χ1n) is 5.20. The van der Waals surface area contributed by atoms with E-state index in [0.29, 0.717) is 6.54 Å². The molecule has 1 heterocycles. The molecule has 1 fully saturated rings. The molecule has 1 unspecified atom stereocenters. The molecule has 1 N–H and O–H groups in total. The van der Waals surface area contributed by atoms with Crippen molar-refractivity contribution in [1.29, 1.82) is 0 Å². The number of nitrogens with zero attached hydrogens (tertiary/aromatic N) is 1. The largest absolute Gasteiger partial charge is 0.345 e. The number of carbonyl (C=O) groups is 2. The van der Waals surface area contributed by atoms with Crippen LogP contribution in [-0.2, 0) is 9.59 Å². The summed E-state index contributed by atoms with van der Waals surface area (Å²) in [6.45, 7) is 6.26. The average Bonchev–Trinajstić information content (AvgIpc) is 2.17. The highest BCUT2D eigenvalue weighted by molar-refractivity contribution is 6.25. The van der Waals surface area contributed by atoms with Gasteiger partial charge in [-0.1, -0.05) is 38.4 Å². The van der Waals surface area contributed by atoms with E-state index in [0.717, 1.165) is 0 Å². The molecule has 16 heavy (non-hydrogen) atoms. The Balaban J connectivity index is 2.95. The van der Waals surface area contributed by atoms with Crippen molar-refractivity contribution >= 4 is 23.4 Å². The highest BCUT2D eigenvalue weighted by atomic mass is 35.5. The Hall–Kier alpha value is -1.03. The van der Waals surface area contributed by atoms with Gasteiger partial charge >= 0.3 is 0 Å². The highest BCUT2D eigenvalue weighted by Gasteiger charge is 2.41. The third kappa shape index (κ3) is 2.76. The zero-order valence-electron chi connectivity index (χ0n) is 9.79. The number of carbonyl (C=O) groups excluding carboxylic acids is 2. The van der Waals surface area contributed by atoms with Crippen LogP contribution in [0.4, 0.5) is 0 Å². The molecule has 0 aromatic heterocycles. The van der Waals surface area contributed by atoms with E-state index in [1.165, 1.54) is 5.54 Å². The van der Waals surface area contributed by atoms with Gasteiger partial charge in [-0.3, -0.25) is 9.59 Å². The number of halogens is 1. The highest BCUT2D eigenvalue weighted by Crippen LogP contribution is 2.26. The molecule has 0 bridgehead atoms. The topological polar surface area (TPSA) is 49.4 Å². The Morgan fingerprint density at radius 1 is 1.50 bits per heavy atom. The van der Waals surface area contributed by atoms with E-state index in [1.807, 2.05) is 20.8 Å². The normalized spacial score (nSPS) is 22.8. The van der Waals surface area contributed by atoms with Crippen LogP contribution in [-0.4, -0.2) is 35.8 Å². The van der Waals surface area contributed by atoms with Crippen LogP contribution < -0.4 is 5.32 Å². The van der Waals surface area contributed by atoms with E-state index in [4.69, 9.17) is 11.6 Å². The van der Waals surface area contributed by atoms with Gasteiger partial charge in [0.05, 0.1) is 6.54 Å². The number of hydrogen-bond acceptors (Lipinski definition) is 2. The maximum absolute atomic E-state index is 11.8. The lowest BCUT2D eigenvalue weighted by Crippen LogP contribution is -2.62. The van der Waals surface area contributed by atoms with Gasteiger partial charge in [0.2, 0.25) is 11.8 Å². The molecular formula is C11H17ClN2O2. The summed E-state index contributed by atoms with van der Waals surface area (Å²) in [5, 5.41) is 2.61. The second-order valence-corrected chi connectivity index (χ2v) is 5.15. The fraction of sp³-hybridized carbons (Fsp3) is 0.636. The Labute approximate surface area is 101 Å². The van der Waals surface area contributed by atoms with Crippen LogP contribution >= 0.6 is 11.6 Å². The van der Waals surface area contributed by atoms with Crippen LogP contribution in [0.2, 0.25) is 0 Å². The molecule has 0 spiro atoms. The number of piperazine rings is 1. The van der Waals surface area contributed by atoms with Crippen molar-refractivity contribution in [2.75, 3.05) is 13.1 Å². The molecule has 0 aromatic rings. The van der Waals surface area contributed by atoms with Gasteiger partial charge in [0.15, 0.2) is 0 Å². The van der Waals surface area contributed by atoms with E-state index in [9.17, 15) is 9.59 Å². The van der Waals surface area contributed by atoms with E-state index in [2.05, 4.69) is 5.32 Å². The standard InChI is InChI=1S/C11H17ClN2O2/c1-11(2,3)9-10(16)13-7-8(15)14(9)6-4-5-12/h4-5,9H,6-7H2,1-3H3,(H,13,16)/b5-4+. The van der Waals surface area contributed by atoms with Crippen molar-refractivity contribution in [3.05, 3.63) is 11.6 Å². The Kier molecular flexibility index (Phi) is 3.97. The summed E-state index contributed by atoms with van der Waals surface area (Å²) < 4.78 is 0. The SMILES string of the molecule is CC(C)(C)C1C(=O)NCC(=O)N1C/C=C/Cl. The molecule has 0 saturated carbocycles.